The van der Waals surface area contributed by atoms with E-state index in [9.17, 15) is 4.79 Å². The van der Waals surface area contributed by atoms with Gasteiger partial charge in [-0.2, -0.15) is 0 Å². The minimum Gasteiger partial charge on any atom is -0.469 e. The van der Waals surface area contributed by atoms with E-state index in [2.05, 4.69) is 17.1 Å². The molecule has 4 nitrogen and oxygen atoms in total. The molecule has 0 bridgehead atoms. The molecule has 3 rings (SSSR count). The van der Waals surface area contributed by atoms with Crippen molar-refractivity contribution in [2.75, 3.05) is 26.7 Å². The first-order chi connectivity index (χ1) is 11.2. The van der Waals surface area contributed by atoms with Gasteiger partial charge in [0.05, 0.1) is 13.0 Å². The van der Waals surface area contributed by atoms with Crippen molar-refractivity contribution in [1.82, 2.24) is 10.2 Å². The van der Waals surface area contributed by atoms with Gasteiger partial charge < -0.3 is 10.1 Å². The lowest BCUT2D eigenvalue weighted by molar-refractivity contribution is -0.148. The third-order valence-electron chi connectivity index (χ3n) is 6.31. The Labute approximate surface area is 141 Å². The summed E-state index contributed by atoms with van der Waals surface area (Å²) in [5.74, 6) is 1.71. The summed E-state index contributed by atoms with van der Waals surface area (Å²) in [5.41, 5.74) is 0. The van der Waals surface area contributed by atoms with Crippen molar-refractivity contribution in [2.24, 2.45) is 17.8 Å². The largest absolute Gasteiger partial charge is 0.469 e. The molecule has 3 fully saturated rings. The average Bonchev–Trinajstić information content (AvgIpc) is 3.44. The molecule has 1 saturated heterocycles. The maximum absolute atomic E-state index is 12.1. The molecular formula is C19H34N2O2. The van der Waals surface area contributed by atoms with Crippen LogP contribution in [-0.4, -0.2) is 49.7 Å². The highest BCUT2D eigenvalue weighted by molar-refractivity contribution is 5.72. The quantitative estimate of drug-likeness (QED) is 0.764. The molecule has 23 heavy (non-hydrogen) atoms. The second kappa shape index (κ2) is 7.98. The number of esters is 1. The van der Waals surface area contributed by atoms with Gasteiger partial charge in [-0.15, -0.1) is 0 Å². The van der Waals surface area contributed by atoms with Gasteiger partial charge in [0.25, 0.3) is 0 Å². The first-order valence-electron chi connectivity index (χ1n) is 9.72. The first-order valence-corrected chi connectivity index (χ1v) is 9.72. The Morgan fingerprint density at radius 2 is 1.91 bits per heavy atom. The van der Waals surface area contributed by atoms with Gasteiger partial charge in [0.15, 0.2) is 0 Å². The van der Waals surface area contributed by atoms with Gasteiger partial charge in [0, 0.05) is 25.2 Å². The van der Waals surface area contributed by atoms with Crippen LogP contribution in [0.3, 0.4) is 0 Å². The Balaban J connectivity index is 1.54. The Bertz CT molecular complexity index is 391. The summed E-state index contributed by atoms with van der Waals surface area (Å²) in [5, 5.41) is 3.80. The molecule has 3 unspecified atom stereocenters. The predicted molar refractivity (Wildman–Crippen MR) is 92.2 cm³/mol. The fourth-order valence-corrected chi connectivity index (χ4v) is 4.55. The molecule has 0 amide bonds. The lowest BCUT2D eigenvalue weighted by Gasteiger charge is -2.41. The number of likely N-dealkylation sites (tertiary alicyclic amines) is 1. The van der Waals surface area contributed by atoms with Gasteiger partial charge >= 0.3 is 5.97 Å². The molecule has 4 heteroatoms. The van der Waals surface area contributed by atoms with Crippen LogP contribution in [0.5, 0.6) is 0 Å². The van der Waals surface area contributed by atoms with E-state index in [4.69, 9.17) is 4.74 Å². The average molecular weight is 322 g/mol. The van der Waals surface area contributed by atoms with Gasteiger partial charge in [-0.1, -0.05) is 19.3 Å². The van der Waals surface area contributed by atoms with E-state index in [0.29, 0.717) is 12.1 Å². The smallest absolute Gasteiger partial charge is 0.310 e. The van der Waals surface area contributed by atoms with Gasteiger partial charge in [-0.3, -0.25) is 9.69 Å². The highest BCUT2D eigenvalue weighted by Crippen LogP contribution is 2.36. The van der Waals surface area contributed by atoms with Crippen LogP contribution in [0.2, 0.25) is 0 Å². The number of rotatable bonds is 6. The molecule has 3 atom stereocenters. The molecular weight excluding hydrogens is 288 g/mol. The number of methoxy groups -OCH3 is 1. The second-order valence-electron chi connectivity index (χ2n) is 8.10. The van der Waals surface area contributed by atoms with Crippen LogP contribution in [0.25, 0.3) is 0 Å². The number of ether oxygens (including phenoxy) is 1. The summed E-state index contributed by atoms with van der Waals surface area (Å²) in [4.78, 5) is 14.6. The maximum atomic E-state index is 12.1. The minimum atomic E-state index is -0.0258. The lowest BCUT2D eigenvalue weighted by atomic mass is 9.88. The van der Waals surface area contributed by atoms with Crippen LogP contribution in [0.1, 0.15) is 58.3 Å². The standard InChI is InChI=1S/C19H34N2O2/c1-14(16-8-9-16)21-12-17(19(22)23-2)10-18(13-21)20-11-15-6-4-3-5-7-15/h14-18,20H,3-13H2,1-2H3. The van der Waals surface area contributed by atoms with Gasteiger partial charge in [0.1, 0.15) is 0 Å². The first kappa shape index (κ1) is 17.2. The third-order valence-corrected chi connectivity index (χ3v) is 6.31. The van der Waals surface area contributed by atoms with Crippen molar-refractivity contribution < 1.29 is 9.53 Å². The van der Waals surface area contributed by atoms with Crippen molar-refractivity contribution in [1.29, 1.82) is 0 Å². The van der Waals surface area contributed by atoms with E-state index in [1.807, 2.05) is 0 Å². The fraction of sp³-hybridized carbons (Fsp3) is 0.947. The lowest BCUT2D eigenvalue weighted by Crippen LogP contribution is -2.54. The highest BCUT2D eigenvalue weighted by atomic mass is 16.5. The van der Waals surface area contributed by atoms with Crippen molar-refractivity contribution in [2.45, 2.75) is 70.4 Å². The van der Waals surface area contributed by atoms with E-state index >= 15 is 0 Å². The molecule has 0 radical (unpaired) electrons. The normalized spacial score (nSPS) is 31.7. The molecule has 3 aliphatic rings. The van der Waals surface area contributed by atoms with Crippen LogP contribution in [0.15, 0.2) is 0 Å². The summed E-state index contributed by atoms with van der Waals surface area (Å²) in [7, 11) is 1.52. The number of hydrogen-bond donors (Lipinski definition) is 1. The summed E-state index contributed by atoms with van der Waals surface area (Å²) in [6.07, 6.45) is 10.6. The third kappa shape index (κ3) is 4.69. The fourth-order valence-electron chi connectivity index (χ4n) is 4.55. The predicted octanol–water partition coefficient (Wildman–Crippen LogP) is 2.82. The second-order valence-corrected chi connectivity index (χ2v) is 8.10. The number of nitrogens with one attached hydrogen (secondary N) is 1. The van der Waals surface area contributed by atoms with Crippen LogP contribution >= 0.6 is 0 Å². The van der Waals surface area contributed by atoms with Gasteiger partial charge in [-0.25, -0.2) is 0 Å². The van der Waals surface area contributed by atoms with Crippen LogP contribution in [0, 0.1) is 17.8 Å². The zero-order chi connectivity index (χ0) is 16.2. The molecule has 2 aliphatic carbocycles. The molecule has 1 heterocycles. The Morgan fingerprint density at radius 3 is 2.57 bits per heavy atom. The van der Waals surface area contributed by atoms with Crippen molar-refractivity contribution in [3.05, 3.63) is 0 Å². The van der Waals surface area contributed by atoms with Crippen molar-refractivity contribution in [3.63, 3.8) is 0 Å². The van der Waals surface area contributed by atoms with E-state index in [0.717, 1.165) is 37.9 Å². The summed E-state index contributed by atoms with van der Waals surface area (Å²) in [6, 6.07) is 1.05. The summed E-state index contributed by atoms with van der Waals surface area (Å²) >= 11 is 0. The Kier molecular flexibility index (Phi) is 5.97. The number of nitrogens with zero attached hydrogens (tertiary/aromatic N) is 1. The van der Waals surface area contributed by atoms with E-state index in [1.165, 1.54) is 52.1 Å². The highest BCUT2D eigenvalue weighted by Gasteiger charge is 2.39. The molecule has 132 valence electrons. The van der Waals surface area contributed by atoms with E-state index < -0.39 is 0 Å². The number of hydrogen-bond acceptors (Lipinski definition) is 4. The van der Waals surface area contributed by atoms with Crippen molar-refractivity contribution >= 4 is 5.97 Å². The molecule has 0 spiro atoms. The molecule has 2 saturated carbocycles. The van der Waals surface area contributed by atoms with Crippen molar-refractivity contribution in [3.8, 4) is 0 Å². The van der Waals surface area contributed by atoms with Gasteiger partial charge in [0.2, 0.25) is 0 Å². The molecule has 0 aromatic heterocycles. The zero-order valence-corrected chi connectivity index (χ0v) is 14.9. The topological polar surface area (TPSA) is 41.6 Å². The molecule has 1 N–H and O–H groups in total. The molecule has 0 aromatic carbocycles. The Morgan fingerprint density at radius 1 is 1.17 bits per heavy atom. The van der Waals surface area contributed by atoms with E-state index in [1.54, 1.807) is 0 Å². The number of carbonyl (C=O) groups is 1. The SMILES string of the molecule is COC(=O)C1CC(NCC2CCCCC2)CN(C(C)C2CC2)C1. The summed E-state index contributed by atoms with van der Waals surface area (Å²) in [6.45, 7) is 5.45. The van der Waals surface area contributed by atoms with E-state index in [-0.39, 0.29) is 11.9 Å². The Hall–Kier alpha value is -0.610. The zero-order valence-electron chi connectivity index (χ0n) is 14.9. The summed E-state index contributed by atoms with van der Waals surface area (Å²) < 4.78 is 5.04. The van der Waals surface area contributed by atoms with Crippen LogP contribution in [-0.2, 0) is 9.53 Å². The maximum Gasteiger partial charge on any atom is 0.310 e. The molecule has 0 aromatic rings. The number of carbonyl (C=O) groups excluding carboxylic acids is 1. The monoisotopic (exact) mass is 322 g/mol. The minimum absolute atomic E-state index is 0.0258. The van der Waals surface area contributed by atoms with Crippen LogP contribution in [0.4, 0.5) is 0 Å². The van der Waals surface area contributed by atoms with Crippen LogP contribution < -0.4 is 5.32 Å². The van der Waals surface area contributed by atoms with Gasteiger partial charge in [-0.05, 0) is 57.4 Å². The molecule has 1 aliphatic heterocycles. The number of piperidine rings is 1.